The molecule has 3 fully saturated rings. The Kier molecular flexibility index (Phi) is 7.07. The van der Waals surface area contributed by atoms with E-state index in [0.29, 0.717) is 23.9 Å². The van der Waals surface area contributed by atoms with Gasteiger partial charge >= 0.3 is 6.09 Å². The molecule has 2 bridgehead atoms. The van der Waals surface area contributed by atoms with Crippen molar-refractivity contribution < 1.29 is 19.4 Å². The van der Waals surface area contributed by atoms with E-state index in [1.54, 1.807) is 4.90 Å². The predicted octanol–water partition coefficient (Wildman–Crippen LogP) is 4.61. The van der Waals surface area contributed by atoms with Crippen LogP contribution in [0.4, 0.5) is 10.6 Å². The molecule has 3 saturated heterocycles. The molecule has 1 amide bonds. The Balaban J connectivity index is 1.18. The van der Waals surface area contributed by atoms with Gasteiger partial charge in [-0.2, -0.15) is 5.10 Å². The van der Waals surface area contributed by atoms with E-state index in [0.717, 1.165) is 68.5 Å². The highest BCUT2D eigenvalue weighted by Gasteiger charge is 2.44. The van der Waals surface area contributed by atoms with E-state index in [2.05, 4.69) is 20.2 Å². The average Bonchev–Trinajstić information content (AvgIpc) is 3.56. The van der Waals surface area contributed by atoms with Crippen molar-refractivity contribution in [2.45, 2.75) is 76.2 Å². The number of hydrogen-bond acceptors (Lipinski definition) is 8. The highest BCUT2D eigenvalue weighted by molar-refractivity contribution is 5.70. The number of fused-ring (bicyclic) bond motifs is 2. The van der Waals surface area contributed by atoms with Gasteiger partial charge in [-0.05, 0) is 76.1 Å². The zero-order valence-corrected chi connectivity index (χ0v) is 22.4. The van der Waals surface area contributed by atoms with E-state index in [4.69, 9.17) is 14.5 Å². The van der Waals surface area contributed by atoms with Crippen LogP contribution in [0.1, 0.15) is 58.1 Å². The van der Waals surface area contributed by atoms with Crippen molar-refractivity contribution in [3.05, 3.63) is 36.7 Å². The Morgan fingerprint density at radius 3 is 2.56 bits per heavy atom. The molecule has 3 aliphatic heterocycles. The monoisotopic (exact) mass is 533 g/mol. The third kappa shape index (κ3) is 5.03. The number of piperidine rings is 1. The smallest absolute Gasteiger partial charge is 0.407 e. The first-order chi connectivity index (χ1) is 19.0. The Hall–Kier alpha value is -3.73. The van der Waals surface area contributed by atoms with Gasteiger partial charge in [0, 0.05) is 49.1 Å². The van der Waals surface area contributed by atoms with Crippen LogP contribution in [-0.4, -0.2) is 79.4 Å². The molecule has 6 heterocycles. The summed E-state index contributed by atoms with van der Waals surface area (Å²) in [6.45, 7) is 3.19. The average molecular weight is 534 g/mol. The normalized spacial score (nSPS) is 24.5. The zero-order chi connectivity index (χ0) is 26.9. The summed E-state index contributed by atoms with van der Waals surface area (Å²) in [5.41, 5.74) is 3.14. The second-order valence-electron chi connectivity index (χ2n) is 10.6. The topological polar surface area (TPSA) is 119 Å². The van der Waals surface area contributed by atoms with Crippen LogP contribution in [0.2, 0.25) is 0 Å². The summed E-state index contributed by atoms with van der Waals surface area (Å²) in [5.74, 6) is 1.30. The highest BCUT2D eigenvalue weighted by Crippen LogP contribution is 2.38. The van der Waals surface area contributed by atoms with Crippen LogP contribution in [0, 0.1) is 0 Å². The van der Waals surface area contributed by atoms with E-state index < -0.39 is 6.09 Å². The fourth-order valence-corrected chi connectivity index (χ4v) is 6.23. The van der Waals surface area contributed by atoms with Gasteiger partial charge in [-0.15, -0.1) is 10.2 Å². The van der Waals surface area contributed by atoms with E-state index in [9.17, 15) is 9.90 Å². The van der Waals surface area contributed by atoms with E-state index in [1.165, 1.54) is 0 Å². The lowest BCUT2D eigenvalue weighted by Crippen LogP contribution is -2.51. The van der Waals surface area contributed by atoms with Crippen molar-refractivity contribution in [3.63, 3.8) is 0 Å². The van der Waals surface area contributed by atoms with E-state index in [1.807, 2.05) is 55.3 Å². The maximum absolute atomic E-state index is 11.6. The minimum atomic E-state index is -0.801. The summed E-state index contributed by atoms with van der Waals surface area (Å²) < 4.78 is 13.7. The van der Waals surface area contributed by atoms with Gasteiger partial charge in [-0.1, -0.05) is 0 Å². The molecule has 3 aromatic rings. The molecule has 3 aliphatic rings. The minimum Gasteiger partial charge on any atom is -0.478 e. The molecule has 39 heavy (non-hydrogen) atoms. The van der Waals surface area contributed by atoms with Crippen LogP contribution in [0.3, 0.4) is 0 Å². The Bertz CT molecular complexity index is 1290. The molecule has 0 spiro atoms. The number of anilines is 1. The second kappa shape index (κ2) is 10.8. The van der Waals surface area contributed by atoms with Gasteiger partial charge in [0.2, 0.25) is 5.88 Å². The maximum atomic E-state index is 11.6. The van der Waals surface area contributed by atoms with Crippen molar-refractivity contribution in [2.75, 3.05) is 25.2 Å². The van der Waals surface area contributed by atoms with Crippen LogP contribution < -0.4 is 9.64 Å². The molecular formula is C28H35N7O4. The summed E-state index contributed by atoms with van der Waals surface area (Å²) in [7, 11) is 2.02. The lowest BCUT2D eigenvalue weighted by molar-refractivity contribution is -0.0394. The molecular weight excluding hydrogens is 498 g/mol. The highest BCUT2D eigenvalue weighted by atomic mass is 16.5. The van der Waals surface area contributed by atoms with Crippen LogP contribution in [-0.2, 0) is 4.74 Å². The molecule has 0 radical (unpaired) electrons. The number of carbonyl (C=O) groups is 1. The van der Waals surface area contributed by atoms with Crippen molar-refractivity contribution in [2.24, 2.45) is 0 Å². The lowest BCUT2D eigenvalue weighted by Gasteiger charge is -2.41. The van der Waals surface area contributed by atoms with Gasteiger partial charge in [-0.3, -0.25) is 0 Å². The van der Waals surface area contributed by atoms with Crippen LogP contribution in [0.15, 0.2) is 36.7 Å². The molecule has 0 aromatic carbocycles. The van der Waals surface area contributed by atoms with Gasteiger partial charge in [0.15, 0.2) is 5.82 Å². The summed E-state index contributed by atoms with van der Waals surface area (Å²) in [6, 6.07) is 8.21. The number of ether oxygens (including phenoxy) is 2. The van der Waals surface area contributed by atoms with Crippen molar-refractivity contribution in [3.8, 4) is 28.4 Å². The fraction of sp³-hybridized carbons (Fsp3) is 0.536. The standard InChI is InChI=1S/C28H35N7O4/c1-3-38-27-22(18-16-29-34(17-18)26-6-4-5-13-39-26)9-10-23(30-27)24-11-12-25(32-31-24)33(2)21-14-19-7-8-20(15-21)35(19)28(36)37/h9-12,16-17,19-21,26H,3-8,13-15H2,1-2H3,(H,36,37)/t19-,20+,21?,26?. The summed E-state index contributed by atoms with van der Waals surface area (Å²) in [6.07, 6.45) is 9.69. The number of aromatic nitrogens is 5. The molecule has 3 aromatic heterocycles. The summed E-state index contributed by atoms with van der Waals surface area (Å²) >= 11 is 0. The van der Waals surface area contributed by atoms with Crippen LogP contribution in [0.25, 0.3) is 22.5 Å². The Morgan fingerprint density at radius 2 is 1.90 bits per heavy atom. The summed E-state index contributed by atoms with van der Waals surface area (Å²) in [5, 5.41) is 23.1. The van der Waals surface area contributed by atoms with Crippen molar-refractivity contribution >= 4 is 11.9 Å². The largest absolute Gasteiger partial charge is 0.478 e. The molecule has 6 rings (SSSR count). The number of amides is 1. The molecule has 4 atom stereocenters. The fourth-order valence-electron chi connectivity index (χ4n) is 6.23. The van der Waals surface area contributed by atoms with Crippen LogP contribution >= 0.6 is 0 Å². The first kappa shape index (κ1) is 25.5. The minimum absolute atomic E-state index is 0.0259. The van der Waals surface area contributed by atoms with Crippen LogP contribution in [0.5, 0.6) is 5.88 Å². The molecule has 206 valence electrons. The number of pyridine rings is 1. The number of rotatable bonds is 7. The van der Waals surface area contributed by atoms with Gasteiger partial charge in [0.1, 0.15) is 11.9 Å². The Labute approximate surface area is 227 Å². The SMILES string of the molecule is CCOc1nc(-c2ccc(N(C)C3C[C@H]4CC[C@@H](C3)N4C(=O)O)nn2)ccc1-c1cnn(C2CCCCO2)c1. The molecule has 0 saturated carbocycles. The van der Waals surface area contributed by atoms with Gasteiger partial charge in [-0.25, -0.2) is 14.5 Å². The van der Waals surface area contributed by atoms with E-state index >= 15 is 0 Å². The third-order valence-electron chi connectivity index (χ3n) is 8.26. The second-order valence-corrected chi connectivity index (χ2v) is 10.6. The third-order valence-corrected chi connectivity index (χ3v) is 8.26. The van der Waals surface area contributed by atoms with Gasteiger partial charge in [0.05, 0.1) is 18.5 Å². The maximum Gasteiger partial charge on any atom is 0.407 e. The zero-order valence-electron chi connectivity index (χ0n) is 22.4. The van der Waals surface area contributed by atoms with Crippen molar-refractivity contribution in [1.29, 1.82) is 0 Å². The number of nitrogens with zero attached hydrogens (tertiary/aromatic N) is 7. The number of carboxylic acid groups (broad SMARTS) is 1. The van der Waals surface area contributed by atoms with Crippen molar-refractivity contribution in [1.82, 2.24) is 29.9 Å². The Morgan fingerprint density at radius 1 is 1.10 bits per heavy atom. The van der Waals surface area contributed by atoms with Gasteiger partial charge in [0.25, 0.3) is 0 Å². The number of hydrogen-bond donors (Lipinski definition) is 1. The molecule has 2 unspecified atom stereocenters. The van der Waals surface area contributed by atoms with E-state index in [-0.39, 0.29) is 24.4 Å². The predicted molar refractivity (Wildman–Crippen MR) is 145 cm³/mol. The summed E-state index contributed by atoms with van der Waals surface area (Å²) in [4.78, 5) is 20.2. The molecule has 0 aliphatic carbocycles. The molecule has 1 N–H and O–H groups in total. The first-order valence-electron chi connectivity index (χ1n) is 13.9. The lowest BCUT2D eigenvalue weighted by atomic mass is 9.96. The molecule has 11 nitrogen and oxygen atoms in total. The first-order valence-corrected chi connectivity index (χ1v) is 13.9. The van der Waals surface area contributed by atoms with Gasteiger partial charge < -0.3 is 24.4 Å². The quantitative estimate of drug-likeness (QED) is 0.464. The molecule has 11 heteroatoms.